The Morgan fingerprint density at radius 3 is 2.58 bits per heavy atom. The molecule has 1 N–H and O–H groups in total. The molecule has 4 rings (SSSR count). The first-order valence-corrected chi connectivity index (χ1v) is 14.8. The number of phenols is 1. The maximum Gasteiger partial charge on any atom is 0.163 e. The molecule has 3 aromatic carbocycles. The number of hydrogen-bond donors (Lipinski definition) is 1. The van der Waals surface area contributed by atoms with Gasteiger partial charge >= 0.3 is 0 Å². The molecule has 0 aliphatic carbocycles. The number of hydrogen-bond acceptors (Lipinski definition) is 6. The van der Waals surface area contributed by atoms with E-state index in [0.29, 0.717) is 23.3 Å². The van der Waals surface area contributed by atoms with Gasteiger partial charge in [-0.1, -0.05) is 44.5 Å². The van der Waals surface area contributed by atoms with E-state index in [4.69, 9.17) is 4.74 Å². The number of aromatic nitrogens is 1. The summed E-state index contributed by atoms with van der Waals surface area (Å²) in [4.78, 5) is 16.5. The fourth-order valence-electron chi connectivity index (χ4n) is 4.79. The summed E-state index contributed by atoms with van der Waals surface area (Å²) in [6.07, 6.45) is 4.41. The predicted molar refractivity (Wildman–Crippen MR) is 152 cm³/mol. The Balaban J connectivity index is 1.68. The highest BCUT2D eigenvalue weighted by Crippen LogP contribution is 2.35. The van der Waals surface area contributed by atoms with E-state index in [9.17, 15) is 18.3 Å². The Bertz CT molecular complexity index is 1590. The predicted octanol–water partition coefficient (Wildman–Crippen LogP) is 6.49. The molecule has 1 aromatic heterocycles. The van der Waals surface area contributed by atoms with Crippen molar-refractivity contribution in [1.29, 1.82) is 0 Å². The van der Waals surface area contributed by atoms with Crippen molar-refractivity contribution in [2.24, 2.45) is 0 Å². The summed E-state index contributed by atoms with van der Waals surface area (Å²) in [7, 11) is -3.13. The maximum atomic E-state index is 11.9. The summed E-state index contributed by atoms with van der Waals surface area (Å²) in [5.74, 6) is 0.267. The molecule has 7 heteroatoms. The van der Waals surface area contributed by atoms with E-state index >= 15 is 0 Å². The average Bonchev–Trinajstić information content (AvgIpc) is 2.87. The molecule has 0 bridgehead atoms. The highest BCUT2D eigenvalue weighted by atomic mass is 32.2. The van der Waals surface area contributed by atoms with E-state index < -0.39 is 9.84 Å². The molecule has 1 unspecified atom stereocenters. The lowest BCUT2D eigenvalue weighted by Gasteiger charge is -2.16. The van der Waals surface area contributed by atoms with Crippen LogP contribution in [0.15, 0.2) is 66.9 Å². The van der Waals surface area contributed by atoms with Gasteiger partial charge in [-0.25, -0.2) is 8.42 Å². The number of phenolic OH excluding ortho intramolecular Hbond substituents is 1. The lowest BCUT2D eigenvalue weighted by molar-refractivity contribution is 0.101. The summed E-state index contributed by atoms with van der Waals surface area (Å²) in [6, 6.07) is 19.2. The summed E-state index contributed by atoms with van der Waals surface area (Å²) < 4.78 is 30.0. The number of ketones is 1. The molecule has 0 spiro atoms. The van der Waals surface area contributed by atoms with Crippen molar-refractivity contribution in [1.82, 2.24) is 4.98 Å². The van der Waals surface area contributed by atoms with Gasteiger partial charge in [0.15, 0.2) is 5.78 Å². The quantitative estimate of drug-likeness (QED) is 0.235. The first kappa shape index (κ1) is 27.3. The van der Waals surface area contributed by atoms with Crippen molar-refractivity contribution in [2.45, 2.75) is 46.1 Å². The highest BCUT2D eigenvalue weighted by Gasteiger charge is 2.18. The van der Waals surface area contributed by atoms with Crippen molar-refractivity contribution in [2.75, 3.05) is 12.0 Å². The molecule has 198 valence electrons. The van der Waals surface area contributed by atoms with Crippen LogP contribution in [-0.4, -0.2) is 36.3 Å². The maximum absolute atomic E-state index is 11.9. The number of pyridine rings is 1. The largest absolute Gasteiger partial charge is 0.507 e. The summed E-state index contributed by atoms with van der Waals surface area (Å²) in [6.45, 7) is 5.65. The van der Waals surface area contributed by atoms with Crippen LogP contribution in [-0.2, 0) is 22.9 Å². The molecule has 6 nitrogen and oxygen atoms in total. The van der Waals surface area contributed by atoms with Gasteiger partial charge in [0.2, 0.25) is 0 Å². The number of carbonyl (C=O) groups is 1. The third-order valence-electron chi connectivity index (χ3n) is 6.60. The van der Waals surface area contributed by atoms with Gasteiger partial charge in [-0.3, -0.25) is 9.78 Å². The second-order valence-electron chi connectivity index (χ2n) is 9.87. The number of carbonyl (C=O) groups excluding carboxylic acids is 1. The minimum atomic E-state index is -3.13. The van der Waals surface area contributed by atoms with E-state index in [1.54, 1.807) is 18.3 Å². The molecule has 4 aromatic rings. The molecule has 0 saturated carbocycles. The molecule has 0 amide bonds. The zero-order chi connectivity index (χ0) is 27.4. The minimum Gasteiger partial charge on any atom is -0.507 e. The third-order valence-corrected chi connectivity index (χ3v) is 7.71. The number of ether oxygens (including phenoxy) is 1. The Hall–Kier alpha value is -3.71. The molecule has 1 atom stereocenters. The van der Waals surface area contributed by atoms with Crippen LogP contribution < -0.4 is 4.74 Å². The normalized spacial score (nSPS) is 12.4. The molecule has 0 radical (unpaired) electrons. The highest BCUT2D eigenvalue weighted by molar-refractivity contribution is 7.90. The fourth-order valence-corrected chi connectivity index (χ4v) is 5.89. The van der Waals surface area contributed by atoms with Crippen LogP contribution in [0.3, 0.4) is 0 Å². The zero-order valence-electron chi connectivity index (χ0n) is 22.2. The molecule has 1 heterocycles. The molecule has 38 heavy (non-hydrogen) atoms. The minimum absolute atomic E-state index is 0.0110. The lowest BCUT2D eigenvalue weighted by Crippen LogP contribution is -2.10. The van der Waals surface area contributed by atoms with Crippen molar-refractivity contribution in [3.05, 3.63) is 89.1 Å². The van der Waals surface area contributed by atoms with Crippen molar-refractivity contribution in [3.63, 3.8) is 0 Å². The van der Waals surface area contributed by atoms with Gasteiger partial charge in [0.1, 0.15) is 27.9 Å². The van der Waals surface area contributed by atoms with Gasteiger partial charge < -0.3 is 9.84 Å². The molecule has 0 aliphatic rings. The van der Waals surface area contributed by atoms with Gasteiger partial charge in [0, 0.05) is 29.0 Å². The molecule has 0 fully saturated rings. The fraction of sp³-hybridized carbons (Fsp3) is 0.290. The molecule has 0 saturated heterocycles. The SMILES string of the molecule is CCCc1c(OCc2cccc(-c3cc(C(C)CS(C)(=O)=O)cc4cccnc34)c2)ccc(C(C)=O)c1O. The van der Waals surface area contributed by atoms with Gasteiger partial charge in [0.05, 0.1) is 16.8 Å². The first-order valence-electron chi connectivity index (χ1n) is 12.7. The third kappa shape index (κ3) is 6.22. The monoisotopic (exact) mass is 531 g/mol. The van der Waals surface area contributed by atoms with E-state index in [1.807, 2.05) is 62.4 Å². The van der Waals surface area contributed by atoms with E-state index in [2.05, 4.69) is 4.98 Å². The second kappa shape index (κ2) is 11.4. The Kier molecular flexibility index (Phi) is 8.17. The number of aromatic hydroxyl groups is 1. The number of sulfone groups is 1. The summed E-state index contributed by atoms with van der Waals surface area (Å²) in [5, 5.41) is 11.6. The Morgan fingerprint density at radius 1 is 1.08 bits per heavy atom. The van der Waals surface area contributed by atoms with Gasteiger partial charge in [0.25, 0.3) is 0 Å². The van der Waals surface area contributed by atoms with Crippen LogP contribution in [0.2, 0.25) is 0 Å². The van der Waals surface area contributed by atoms with Crippen LogP contribution in [0.25, 0.3) is 22.0 Å². The van der Waals surface area contributed by atoms with E-state index in [0.717, 1.165) is 39.6 Å². The van der Waals surface area contributed by atoms with Crippen molar-refractivity contribution < 1.29 is 23.1 Å². The van der Waals surface area contributed by atoms with Crippen LogP contribution in [0.4, 0.5) is 0 Å². The smallest absolute Gasteiger partial charge is 0.163 e. The van der Waals surface area contributed by atoms with Crippen LogP contribution in [0.5, 0.6) is 11.5 Å². The number of Topliss-reactive ketones (excluding diaryl/α,β-unsaturated/α-hetero) is 1. The van der Waals surface area contributed by atoms with Gasteiger partial charge in [-0.15, -0.1) is 0 Å². The lowest BCUT2D eigenvalue weighted by atomic mass is 9.93. The average molecular weight is 532 g/mol. The number of rotatable bonds is 10. The zero-order valence-corrected chi connectivity index (χ0v) is 23.0. The Morgan fingerprint density at radius 2 is 1.87 bits per heavy atom. The van der Waals surface area contributed by atoms with Crippen LogP contribution >= 0.6 is 0 Å². The Labute approximate surface area is 224 Å². The number of nitrogens with zero attached hydrogens (tertiary/aromatic N) is 1. The van der Waals surface area contributed by atoms with Crippen molar-refractivity contribution >= 4 is 26.5 Å². The van der Waals surface area contributed by atoms with Crippen LogP contribution in [0, 0.1) is 0 Å². The molecule has 0 aliphatic heterocycles. The van der Waals surface area contributed by atoms with Crippen molar-refractivity contribution in [3.8, 4) is 22.6 Å². The van der Waals surface area contributed by atoms with Gasteiger partial charge in [-0.2, -0.15) is 0 Å². The van der Waals surface area contributed by atoms with E-state index in [-0.39, 0.29) is 29.8 Å². The molecular formula is C31H33NO5S. The summed E-state index contributed by atoms with van der Waals surface area (Å²) >= 11 is 0. The topological polar surface area (TPSA) is 93.6 Å². The number of fused-ring (bicyclic) bond motifs is 1. The van der Waals surface area contributed by atoms with E-state index in [1.165, 1.54) is 13.2 Å². The standard InChI is InChI=1S/C31H33NO5S/c1-5-8-27-29(13-12-26(21(3)33)31(27)34)37-18-22-9-6-10-23(15-22)28-17-25(20(2)19-38(4,35)36)16-24-11-7-14-32-30(24)28/h6-7,9-17,20,34H,5,8,18-19H2,1-4H3. The summed E-state index contributed by atoms with van der Waals surface area (Å²) in [5.41, 5.74) is 5.53. The first-order chi connectivity index (χ1) is 18.1. The number of benzene rings is 3. The van der Waals surface area contributed by atoms with Gasteiger partial charge in [-0.05, 0) is 72.4 Å². The van der Waals surface area contributed by atoms with Crippen LogP contribution in [0.1, 0.15) is 60.2 Å². The second-order valence-corrected chi connectivity index (χ2v) is 12.1. The molecular weight excluding hydrogens is 498 g/mol.